The van der Waals surface area contributed by atoms with Gasteiger partial charge in [-0.2, -0.15) is 13.2 Å². The molecule has 1 aromatic rings. The summed E-state index contributed by atoms with van der Waals surface area (Å²) >= 11 is 0. The summed E-state index contributed by atoms with van der Waals surface area (Å²) in [6, 6.07) is 3.97. The van der Waals surface area contributed by atoms with Gasteiger partial charge in [0.15, 0.2) is 0 Å². The van der Waals surface area contributed by atoms with Gasteiger partial charge in [-0.25, -0.2) is 0 Å². The van der Waals surface area contributed by atoms with Crippen LogP contribution in [0.15, 0.2) is 18.2 Å². The molecule has 0 aliphatic carbocycles. The summed E-state index contributed by atoms with van der Waals surface area (Å²) in [6.07, 6.45) is -2.99. The van der Waals surface area contributed by atoms with Gasteiger partial charge in [0, 0.05) is 12.5 Å². The molecule has 0 bridgehead atoms. The third kappa shape index (κ3) is 2.77. The molecule has 2 rings (SSSR count). The van der Waals surface area contributed by atoms with Gasteiger partial charge in [-0.3, -0.25) is 0 Å². The van der Waals surface area contributed by atoms with E-state index in [1.165, 1.54) is 12.1 Å². The summed E-state index contributed by atoms with van der Waals surface area (Å²) in [4.78, 5) is 0. The predicted octanol–water partition coefficient (Wildman–Crippen LogP) is 3.01. The van der Waals surface area contributed by atoms with E-state index in [-0.39, 0.29) is 12.1 Å². The van der Waals surface area contributed by atoms with E-state index in [0.717, 1.165) is 12.5 Å². The van der Waals surface area contributed by atoms with E-state index < -0.39 is 11.7 Å². The monoisotopic (exact) mass is 259 g/mol. The van der Waals surface area contributed by atoms with Crippen LogP contribution in [0.4, 0.5) is 13.2 Å². The second-order valence-electron chi connectivity index (χ2n) is 4.69. The molecule has 0 spiro atoms. The van der Waals surface area contributed by atoms with Crippen LogP contribution in [0.1, 0.15) is 24.5 Å². The van der Waals surface area contributed by atoms with E-state index in [4.69, 9.17) is 4.74 Å². The Bertz CT molecular complexity index is 431. The molecule has 0 fully saturated rings. The van der Waals surface area contributed by atoms with Gasteiger partial charge in [-0.1, -0.05) is 0 Å². The van der Waals surface area contributed by atoms with E-state index >= 15 is 0 Å². The molecule has 0 saturated heterocycles. The first-order chi connectivity index (χ1) is 8.40. The summed E-state index contributed by atoms with van der Waals surface area (Å²) < 4.78 is 43.3. The number of benzene rings is 1. The lowest BCUT2D eigenvalue weighted by Crippen LogP contribution is -2.28. The molecule has 0 aromatic heterocycles. The molecule has 100 valence electrons. The van der Waals surface area contributed by atoms with Crippen LogP contribution in [-0.2, 0) is 12.6 Å². The molecule has 2 atom stereocenters. The summed E-state index contributed by atoms with van der Waals surface area (Å²) in [7, 11) is 1.86. The van der Waals surface area contributed by atoms with Crippen LogP contribution < -0.4 is 10.1 Å². The zero-order valence-electron chi connectivity index (χ0n) is 10.3. The van der Waals surface area contributed by atoms with Crippen molar-refractivity contribution >= 4 is 0 Å². The number of hydrogen-bond donors (Lipinski definition) is 1. The van der Waals surface area contributed by atoms with Gasteiger partial charge in [-0.05, 0) is 44.2 Å². The van der Waals surface area contributed by atoms with E-state index in [1.54, 1.807) is 0 Å². The van der Waals surface area contributed by atoms with Gasteiger partial charge < -0.3 is 10.1 Å². The molecule has 1 aliphatic heterocycles. The van der Waals surface area contributed by atoms with Crippen LogP contribution in [0.5, 0.6) is 5.75 Å². The minimum absolute atomic E-state index is 0.0362. The fourth-order valence-corrected chi connectivity index (χ4v) is 2.14. The van der Waals surface area contributed by atoms with Crippen molar-refractivity contribution in [1.29, 1.82) is 0 Å². The fraction of sp³-hybridized carbons (Fsp3) is 0.538. The number of halogens is 3. The quantitative estimate of drug-likeness (QED) is 0.901. The van der Waals surface area contributed by atoms with Gasteiger partial charge in [0.2, 0.25) is 0 Å². The Kier molecular flexibility index (Phi) is 3.52. The Hall–Kier alpha value is -1.23. The molecule has 1 aliphatic rings. The standard InChI is InChI=1S/C13H16F3NO/c1-8(17-2)5-11-7-9-6-10(13(14,15)16)3-4-12(9)18-11/h3-4,6,8,11,17H,5,7H2,1-2H3. The molecule has 18 heavy (non-hydrogen) atoms. The maximum Gasteiger partial charge on any atom is 0.416 e. The predicted molar refractivity (Wildman–Crippen MR) is 62.7 cm³/mol. The van der Waals surface area contributed by atoms with E-state index in [9.17, 15) is 13.2 Å². The number of hydrogen-bond acceptors (Lipinski definition) is 2. The summed E-state index contributed by atoms with van der Waals surface area (Å²) in [5.41, 5.74) is 0.0466. The first-order valence-corrected chi connectivity index (χ1v) is 5.94. The second-order valence-corrected chi connectivity index (χ2v) is 4.69. The van der Waals surface area contributed by atoms with Crippen LogP contribution in [0.3, 0.4) is 0 Å². The van der Waals surface area contributed by atoms with Crippen molar-refractivity contribution in [1.82, 2.24) is 5.32 Å². The summed E-state index contributed by atoms with van der Waals surface area (Å²) in [5.74, 6) is 0.580. The first kappa shape index (κ1) is 13.2. The van der Waals surface area contributed by atoms with Crippen LogP contribution >= 0.6 is 0 Å². The highest BCUT2D eigenvalue weighted by Gasteiger charge is 2.33. The van der Waals surface area contributed by atoms with Crippen molar-refractivity contribution in [2.45, 2.75) is 38.1 Å². The lowest BCUT2D eigenvalue weighted by molar-refractivity contribution is -0.137. The van der Waals surface area contributed by atoms with Crippen molar-refractivity contribution in [2.75, 3.05) is 7.05 Å². The van der Waals surface area contributed by atoms with E-state index in [0.29, 0.717) is 17.7 Å². The Labute approximate surface area is 104 Å². The van der Waals surface area contributed by atoms with Crippen molar-refractivity contribution in [3.05, 3.63) is 29.3 Å². The average Bonchev–Trinajstić information content (AvgIpc) is 2.68. The Morgan fingerprint density at radius 2 is 2.17 bits per heavy atom. The highest BCUT2D eigenvalue weighted by atomic mass is 19.4. The summed E-state index contributed by atoms with van der Waals surface area (Å²) in [5, 5.41) is 3.09. The molecule has 0 radical (unpaired) electrons. The summed E-state index contributed by atoms with van der Waals surface area (Å²) in [6.45, 7) is 2.02. The van der Waals surface area contributed by atoms with Gasteiger partial charge in [0.05, 0.1) is 5.56 Å². The minimum Gasteiger partial charge on any atom is -0.490 e. The molecular weight excluding hydrogens is 243 g/mol. The number of rotatable bonds is 3. The molecule has 0 amide bonds. The molecule has 1 heterocycles. The topological polar surface area (TPSA) is 21.3 Å². The molecule has 2 unspecified atom stereocenters. The Morgan fingerprint density at radius 1 is 1.44 bits per heavy atom. The molecule has 0 saturated carbocycles. The minimum atomic E-state index is -4.29. The average molecular weight is 259 g/mol. The van der Waals surface area contributed by atoms with Gasteiger partial charge >= 0.3 is 6.18 Å². The molecule has 1 N–H and O–H groups in total. The number of nitrogens with one attached hydrogen (secondary N) is 1. The lowest BCUT2D eigenvalue weighted by Gasteiger charge is -2.15. The van der Waals surface area contributed by atoms with Crippen molar-refractivity contribution in [3.8, 4) is 5.75 Å². The third-order valence-corrected chi connectivity index (χ3v) is 3.24. The zero-order chi connectivity index (χ0) is 13.3. The highest BCUT2D eigenvalue weighted by molar-refractivity contribution is 5.41. The van der Waals surface area contributed by atoms with Crippen molar-refractivity contribution < 1.29 is 17.9 Å². The largest absolute Gasteiger partial charge is 0.490 e. The molecule has 2 nitrogen and oxygen atoms in total. The van der Waals surface area contributed by atoms with Gasteiger partial charge in [0.25, 0.3) is 0 Å². The lowest BCUT2D eigenvalue weighted by atomic mass is 10.0. The van der Waals surface area contributed by atoms with E-state index in [1.807, 2.05) is 14.0 Å². The van der Waals surface area contributed by atoms with Crippen molar-refractivity contribution in [3.63, 3.8) is 0 Å². The van der Waals surface area contributed by atoms with Gasteiger partial charge in [0.1, 0.15) is 11.9 Å². The molecule has 5 heteroatoms. The number of alkyl halides is 3. The van der Waals surface area contributed by atoms with Crippen LogP contribution in [0.25, 0.3) is 0 Å². The van der Waals surface area contributed by atoms with Crippen LogP contribution in [0.2, 0.25) is 0 Å². The normalized spacial score (nSPS) is 20.4. The number of ether oxygens (including phenoxy) is 1. The maximum absolute atomic E-state index is 12.6. The smallest absolute Gasteiger partial charge is 0.416 e. The number of fused-ring (bicyclic) bond motifs is 1. The zero-order valence-corrected chi connectivity index (χ0v) is 10.3. The maximum atomic E-state index is 12.6. The fourth-order valence-electron chi connectivity index (χ4n) is 2.14. The Morgan fingerprint density at radius 3 is 2.78 bits per heavy atom. The Balaban J connectivity index is 2.11. The van der Waals surface area contributed by atoms with E-state index in [2.05, 4.69) is 5.32 Å². The van der Waals surface area contributed by atoms with Crippen LogP contribution in [-0.4, -0.2) is 19.2 Å². The first-order valence-electron chi connectivity index (χ1n) is 5.94. The second kappa shape index (κ2) is 4.80. The molecular formula is C13H16F3NO. The SMILES string of the molecule is CNC(C)CC1Cc2cc(C(F)(F)F)ccc2O1. The third-order valence-electron chi connectivity index (χ3n) is 3.24. The highest BCUT2D eigenvalue weighted by Crippen LogP contribution is 2.36. The van der Waals surface area contributed by atoms with Crippen LogP contribution in [0, 0.1) is 0 Å². The van der Waals surface area contributed by atoms with Gasteiger partial charge in [-0.15, -0.1) is 0 Å². The molecule has 1 aromatic carbocycles. The van der Waals surface area contributed by atoms with Crippen molar-refractivity contribution in [2.24, 2.45) is 0 Å².